The van der Waals surface area contributed by atoms with Gasteiger partial charge in [0.15, 0.2) is 0 Å². The number of hydrogen-bond acceptors (Lipinski definition) is 0. The summed E-state index contributed by atoms with van der Waals surface area (Å²) in [4.78, 5) is 2.67. The van der Waals surface area contributed by atoms with Gasteiger partial charge in [-0.05, 0) is 0 Å². The molecule has 0 bridgehead atoms. The molecule has 0 amide bonds. The van der Waals surface area contributed by atoms with Crippen LogP contribution >= 0.6 is 0 Å². The Labute approximate surface area is 75.6 Å². The van der Waals surface area contributed by atoms with Crippen LogP contribution in [0.5, 0.6) is 0 Å². The molecular formula is C10H22Sn. The van der Waals surface area contributed by atoms with Crippen molar-refractivity contribution in [2.24, 2.45) is 5.41 Å². The third-order valence-electron chi connectivity index (χ3n) is 2.77. The average Bonchev–Trinajstić information content (AvgIpc) is 2.09. The van der Waals surface area contributed by atoms with Crippen molar-refractivity contribution in [3.8, 4) is 0 Å². The molecule has 0 unspecified atom stereocenters. The van der Waals surface area contributed by atoms with E-state index in [2.05, 4.69) is 25.7 Å². The standard InChI is InChI=1S/C5H11.C4H8.CH3.Sn/c1-5(2,3)4;1-3-4-2;;/h1H2,2-4H3;1-4H2;1H3;. The van der Waals surface area contributed by atoms with E-state index >= 15 is 0 Å². The summed E-state index contributed by atoms with van der Waals surface area (Å²) in [7, 11) is 0. The summed E-state index contributed by atoms with van der Waals surface area (Å²) in [6, 6.07) is 0. The van der Waals surface area contributed by atoms with E-state index in [1.165, 1.54) is 0 Å². The van der Waals surface area contributed by atoms with E-state index in [1.54, 1.807) is 26.2 Å². The first-order valence-corrected chi connectivity index (χ1v) is 13.8. The molecule has 1 rings (SSSR count). The summed E-state index contributed by atoms with van der Waals surface area (Å²) in [5, 5.41) is 0. The molecule has 0 N–H and O–H groups in total. The van der Waals surface area contributed by atoms with Gasteiger partial charge < -0.3 is 0 Å². The molecule has 0 aromatic carbocycles. The molecule has 1 saturated heterocycles. The van der Waals surface area contributed by atoms with E-state index in [0.29, 0.717) is 5.41 Å². The van der Waals surface area contributed by atoms with Gasteiger partial charge in [0.1, 0.15) is 0 Å². The first kappa shape index (κ1) is 9.88. The van der Waals surface area contributed by atoms with Crippen LogP contribution in [0, 0.1) is 5.41 Å². The molecule has 0 nitrogen and oxygen atoms in total. The number of rotatable bonds is 1. The maximum atomic E-state index is 2.67. The van der Waals surface area contributed by atoms with Crippen LogP contribution in [0.3, 0.4) is 0 Å². The van der Waals surface area contributed by atoms with Gasteiger partial charge in [0.05, 0.1) is 0 Å². The summed E-state index contributed by atoms with van der Waals surface area (Å²) in [6.07, 6.45) is 3.12. The SMILES string of the molecule is CC(C)(C)[CH2][Sn]1([CH3])[CH2]CC[CH2]1. The van der Waals surface area contributed by atoms with Gasteiger partial charge in [-0.3, -0.25) is 0 Å². The van der Waals surface area contributed by atoms with Crippen LogP contribution in [-0.4, -0.2) is 18.4 Å². The van der Waals surface area contributed by atoms with E-state index in [4.69, 9.17) is 0 Å². The first-order valence-electron chi connectivity index (χ1n) is 4.91. The Kier molecular flexibility index (Phi) is 2.94. The Bertz CT molecular complexity index is 126. The molecule has 0 spiro atoms. The summed E-state index contributed by atoms with van der Waals surface area (Å²) in [5.74, 6) is 0. The van der Waals surface area contributed by atoms with Crippen molar-refractivity contribution in [3.05, 3.63) is 0 Å². The Morgan fingerprint density at radius 2 is 1.55 bits per heavy atom. The fraction of sp³-hybridized carbons (Fsp3) is 1.00. The molecular weight excluding hydrogens is 239 g/mol. The van der Waals surface area contributed by atoms with E-state index < -0.39 is 18.4 Å². The second kappa shape index (κ2) is 3.27. The first-order chi connectivity index (χ1) is 4.91. The molecule has 1 heterocycles. The second-order valence-corrected chi connectivity index (χ2v) is 20.0. The van der Waals surface area contributed by atoms with Crippen LogP contribution < -0.4 is 0 Å². The maximum absolute atomic E-state index is 2.67. The minimum atomic E-state index is -1.44. The van der Waals surface area contributed by atoms with E-state index in [9.17, 15) is 0 Å². The van der Waals surface area contributed by atoms with Crippen LogP contribution in [0.1, 0.15) is 33.6 Å². The zero-order valence-electron chi connectivity index (χ0n) is 8.54. The molecule has 0 radical (unpaired) electrons. The van der Waals surface area contributed by atoms with E-state index in [0.717, 1.165) is 0 Å². The van der Waals surface area contributed by atoms with Crippen molar-refractivity contribution in [3.63, 3.8) is 0 Å². The normalized spacial score (nSPS) is 24.0. The van der Waals surface area contributed by atoms with Crippen molar-refractivity contribution < 1.29 is 0 Å². The van der Waals surface area contributed by atoms with Gasteiger partial charge in [-0.1, -0.05) is 0 Å². The Morgan fingerprint density at radius 3 is 1.91 bits per heavy atom. The molecule has 0 aromatic rings. The van der Waals surface area contributed by atoms with Crippen LogP contribution in [0.2, 0.25) is 18.2 Å². The summed E-state index contributed by atoms with van der Waals surface area (Å²) in [5.41, 5.74) is 0.620. The molecule has 1 aliphatic rings. The Morgan fingerprint density at radius 1 is 1.09 bits per heavy atom. The van der Waals surface area contributed by atoms with Crippen LogP contribution in [0.4, 0.5) is 0 Å². The van der Waals surface area contributed by atoms with Crippen molar-refractivity contribution in [1.82, 2.24) is 0 Å². The quantitative estimate of drug-likeness (QED) is 0.628. The fourth-order valence-corrected chi connectivity index (χ4v) is 18.0. The van der Waals surface area contributed by atoms with Gasteiger partial charge in [-0.15, -0.1) is 0 Å². The van der Waals surface area contributed by atoms with Crippen molar-refractivity contribution in [2.75, 3.05) is 0 Å². The summed E-state index contributed by atoms with van der Waals surface area (Å²) >= 11 is -1.44. The van der Waals surface area contributed by atoms with Gasteiger partial charge in [0.25, 0.3) is 0 Å². The van der Waals surface area contributed by atoms with Crippen LogP contribution in [-0.2, 0) is 0 Å². The third kappa shape index (κ3) is 3.35. The zero-order valence-corrected chi connectivity index (χ0v) is 11.4. The molecule has 11 heavy (non-hydrogen) atoms. The van der Waals surface area contributed by atoms with E-state index in [1.807, 2.05) is 0 Å². The van der Waals surface area contributed by atoms with Gasteiger partial charge in [-0.25, -0.2) is 0 Å². The Balaban J connectivity index is 2.46. The van der Waals surface area contributed by atoms with Crippen molar-refractivity contribution in [2.45, 2.75) is 51.9 Å². The van der Waals surface area contributed by atoms with Gasteiger partial charge in [-0.2, -0.15) is 0 Å². The van der Waals surface area contributed by atoms with Crippen LogP contribution in [0.15, 0.2) is 0 Å². The third-order valence-corrected chi connectivity index (χ3v) is 17.1. The van der Waals surface area contributed by atoms with Gasteiger partial charge in [0.2, 0.25) is 0 Å². The molecule has 1 heteroatoms. The van der Waals surface area contributed by atoms with E-state index in [-0.39, 0.29) is 0 Å². The summed E-state index contributed by atoms with van der Waals surface area (Å²) < 4.78 is 4.96. The van der Waals surface area contributed by atoms with Crippen molar-refractivity contribution >= 4 is 18.4 Å². The molecule has 1 fully saturated rings. The predicted molar refractivity (Wildman–Crippen MR) is 54.7 cm³/mol. The molecule has 66 valence electrons. The second-order valence-electron chi connectivity index (χ2n) is 5.76. The van der Waals surface area contributed by atoms with Crippen molar-refractivity contribution in [1.29, 1.82) is 0 Å². The van der Waals surface area contributed by atoms with Gasteiger partial charge >= 0.3 is 75.7 Å². The zero-order chi connectivity index (χ0) is 8.54. The topological polar surface area (TPSA) is 0 Å². The molecule has 1 aliphatic heterocycles. The van der Waals surface area contributed by atoms with Crippen LogP contribution in [0.25, 0.3) is 0 Å². The molecule has 0 aromatic heterocycles. The van der Waals surface area contributed by atoms with Gasteiger partial charge in [0, 0.05) is 0 Å². The average molecular weight is 261 g/mol. The molecule has 0 saturated carbocycles. The molecule has 0 atom stereocenters. The monoisotopic (exact) mass is 262 g/mol. The Hall–Kier alpha value is 0.799. The number of hydrogen-bond donors (Lipinski definition) is 0. The predicted octanol–water partition coefficient (Wildman–Crippen LogP) is 3.90. The molecule has 0 aliphatic carbocycles. The fourth-order valence-electron chi connectivity index (χ4n) is 2.69. The minimum absolute atomic E-state index is 0.620. The summed E-state index contributed by atoms with van der Waals surface area (Å²) in [6.45, 7) is 7.23.